The first kappa shape index (κ1) is 15.1. The topological polar surface area (TPSA) is 0 Å². The van der Waals surface area contributed by atoms with E-state index in [0.29, 0.717) is 0 Å². The molecule has 0 unspecified atom stereocenters. The number of benzene rings is 2. The minimum absolute atomic E-state index is 0.842. The predicted octanol–water partition coefficient (Wildman–Crippen LogP) is 6.23. The molecule has 0 atom stereocenters. The third-order valence-corrected chi connectivity index (χ3v) is 4.11. The van der Waals surface area contributed by atoms with Crippen LogP contribution in [0, 0.1) is 0 Å². The van der Waals surface area contributed by atoms with Crippen LogP contribution in [0.2, 0.25) is 0 Å². The minimum Gasteiger partial charge on any atom is -0.0909 e. The lowest BCUT2D eigenvalue weighted by Crippen LogP contribution is -1.94. The van der Waals surface area contributed by atoms with E-state index in [4.69, 9.17) is 0 Å². The summed E-state index contributed by atoms with van der Waals surface area (Å²) in [7, 11) is 0. The van der Waals surface area contributed by atoms with Crippen molar-refractivity contribution >= 4 is 11.1 Å². The van der Waals surface area contributed by atoms with E-state index in [2.05, 4.69) is 61.7 Å². The molecule has 0 aliphatic heterocycles. The van der Waals surface area contributed by atoms with E-state index >= 15 is 0 Å². The molecule has 1 aliphatic rings. The van der Waals surface area contributed by atoms with Gasteiger partial charge in [-0.1, -0.05) is 98.1 Å². The zero-order valence-corrected chi connectivity index (χ0v) is 13.2. The van der Waals surface area contributed by atoms with Crippen molar-refractivity contribution in [2.75, 3.05) is 0 Å². The molecule has 0 bridgehead atoms. The smallest absolute Gasteiger partial charge is 0.00139 e. The van der Waals surface area contributed by atoms with Crippen LogP contribution in [0.3, 0.4) is 0 Å². The molecule has 112 valence electrons. The first-order valence-electron chi connectivity index (χ1n) is 7.81. The van der Waals surface area contributed by atoms with Gasteiger partial charge in [-0.2, -0.15) is 0 Å². The second-order valence-corrected chi connectivity index (χ2v) is 5.63. The summed E-state index contributed by atoms with van der Waals surface area (Å²) < 4.78 is 0. The molecule has 0 aromatic heterocycles. The van der Waals surface area contributed by atoms with Crippen molar-refractivity contribution in [2.45, 2.75) is 6.42 Å². The van der Waals surface area contributed by atoms with Crippen molar-refractivity contribution in [2.24, 2.45) is 0 Å². The molecule has 2 aromatic rings. The van der Waals surface area contributed by atoms with Crippen molar-refractivity contribution in [1.82, 2.24) is 0 Å². The third-order valence-electron chi connectivity index (χ3n) is 4.11. The molecular weight excluding hydrogens is 276 g/mol. The van der Waals surface area contributed by atoms with Crippen LogP contribution in [0.5, 0.6) is 0 Å². The van der Waals surface area contributed by atoms with Crippen LogP contribution in [0.25, 0.3) is 11.1 Å². The Morgan fingerprint density at radius 3 is 1.39 bits per heavy atom. The molecular formula is C23H20. The van der Waals surface area contributed by atoms with E-state index in [1.807, 2.05) is 36.4 Å². The highest BCUT2D eigenvalue weighted by molar-refractivity contribution is 5.83. The van der Waals surface area contributed by atoms with Gasteiger partial charge in [0, 0.05) is 0 Å². The summed E-state index contributed by atoms with van der Waals surface area (Å²) in [6.07, 6.45) is 9.30. The second-order valence-electron chi connectivity index (χ2n) is 5.63. The van der Waals surface area contributed by atoms with E-state index in [-0.39, 0.29) is 0 Å². The third kappa shape index (κ3) is 3.49. The Kier molecular flexibility index (Phi) is 4.54. The van der Waals surface area contributed by atoms with Crippen LogP contribution >= 0.6 is 0 Å². The second kappa shape index (κ2) is 6.93. The van der Waals surface area contributed by atoms with Gasteiger partial charge in [0.25, 0.3) is 0 Å². The van der Waals surface area contributed by atoms with E-state index < -0.39 is 0 Å². The van der Waals surface area contributed by atoms with E-state index in [9.17, 15) is 0 Å². The van der Waals surface area contributed by atoms with Crippen LogP contribution in [-0.4, -0.2) is 0 Å². The van der Waals surface area contributed by atoms with Gasteiger partial charge in [0.15, 0.2) is 0 Å². The van der Waals surface area contributed by atoms with Crippen LogP contribution in [-0.2, 0) is 0 Å². The molecule has 0 heterocycles. The van der Waals surface area contributed by atoms with Gasteiger partial charge in [0.2, 0.25) is 0 Å². The fraction of sp³-hybridized carbons (Fsp3) is 0.0435. The summed E-state index contributed by atoms with van der Waals surface area (Å²) in [5.74, 6) is 0. The van der Waals surface area contributed by atoms with Gasteiger partial charge in [-0.05, 0) is 39.8 Å². The van der Waals surface area contributed by atoms with Crippen LogP contribution in [0.1, 0.15) is 17.5 Å². The van der Waals surface area contributed by atoms with Gasteiger partial charge in [0.1, 0.15) is 0 Å². The Balaban J connectivity index is 1.85. The molecule has 0 amide bonds. The summed E-state index contributed by atoms with van der Waals surface area (Å²) in [5.41, 5.74) is 6.94. The quantitative estimate of drug-likeness (QED) is 0.627. The van der Waals surface area contributed by atoms with Crippen molar-refractivity contribution in [1.29, 1.82) is 0 Å². The first-order valence-corrected chi connectivity index (χ1v) is 7.81. The largest absolute Gasteiger partial charge is 0.0909 e. The fourth-order valence-electron chi connectivity index (χ4n) is 2.73. The van der Waals surface area contributed by atoms with Crippen molar-refractivity contribution < 1.29 is 0 Å². The fourth-order valence-corrected chi connectivity index (χ4v) is 2.73. The van der Waals surface area contributed by atoms with Crippen molar-refractivity contribution in [3.63, 3.8) is 0 Å². The Bertz CT molecular complexity index is 730. The van der Waals surface area contributed by atoms with Gasteiger partial charge < -0.3 is 0 Å². The Hall–Kier alpha value is -2.86. The van der Waals surface area contributed by atoms with Crippen molar-refractivity contribution in [3.8, 4) is 0 Å². The zero-order valence-electron chi connectivity index (χ0n) is 13.2. The van der Waals surface area contributed by atoms with E-state index in [1.54, 1.807) is 0 Å². The summed E-state index contributed by atoms with van der Waals surface area (Å²) in [6.45, 7) is 8.60. The molecule has 23 heavy (non-hydrogen) atoms. The Morgan fingerprint density at radius 2 is 1.00 bits per heavy atom. The maximum atomic E-state index is 4.30. The zero-order chi connectivity index (χ0) is 16.1. The molecule has 0 nitrogen and oxygen atoms in total. The Morgan fingerprint density at radius 1 is 0.609 bits per heavy atom. The maximum Gasteiger partial charge on any atom is -0.00139 e. The van der Waals surface area contributed by atoms with E-state index in [1.165, 1.54) is 22.3 Å². The predicted molar refractivity (Wildman–Crippen MR) is 101 cm³/mol. The number of hydrogen-bond donors (Lipinski definition) is 0. The molecule has 1 aliphatic carbocycles. The number of hydrogen-bond acceptors (Lipinski definition) is 0. The monoisotopic (exact) mass is 296 g/mol. The molecule has 0 spiro atoms. The molecule has 0 heteroatoms. The molecule has 0 fully saturated rings. The average molecular weight is 296 g/mol. The van der Waals surface area contributed by atoms with Gasteiger partial charge in [-0.15, -0.1) is 0 Å². The summed E-state index contributed by atoms with van der Waals surface area (Å²) >= 11 is 0. The highest BCUT2D eigenvalue weighted by Crippen LogP contribution is 2.33. The minimum atomic E-state index is 0.842. The number of allylic oxidation sites excluding steroid dienone is 8. The highest BCUT2D eigenvalue weighted by Gasteiger charge is 2.12. The normalized spacial score (nSPS) is 13.7. The first-order chi connectivity index (χ1) is 11.3. The van der Waals surface area contributed by atoms with Gasteiger partial charge in [-0.25, -0.2) is 0 Å². The molecule has 0 saturated carbocycles. The summed E-state index contributed by atoms with van der Waals surface area (Å²) in [6, 6.07) is 20.7. The lowest BCUT2D eigenvalue weighted by atomic mass is 9.89. The van der Waals surface area contributed by atoms with Gasteiger partial charge >= 0.3 is 0 Å². The van der Waals surface area contributed by atoms with E-state index in [0.717, 1.165) is 17.6 Å². The molecule has 0 saturated heterocycles. The van der Waals surface area contributed by atoms with Gasteiger partial charge in [-0.3, -0.25) is 0 Å². The summed E-state index contributed by atoms with van der Waals surface area (Å²) in [4.78, 5) is 0. The Labute approximate surface area is 138 Å². The average Bonchev–Trinajstić information content (AvgIpc) is 2.88. The molecule has 3 rings (SSSR count). The maximum absolute atomic E-state index is 4.30. The standard InChI is InChI=1S/C23H20/c1-18(20-11-5-3-6-12-20)22-15-9-10-16-23(17-22)19(2)21-13-7-4-8-14-21/h3-16H,1-2,17H2. The van der Waals surface area contributed by atoms with Crippen LogP contribution < -0.4 is 0 Å². The van der Waals surface area contributed by atoms with Crippen LogP contribution in [0.4, 0.5) is 0 Å². The molecule has 2 aromatic carbocycles. The summed E-state index contributed by atoms with van der Waals surface area (Å²) in [5, 5.41) is 0. The van der Waals surface area contributed by atoms with Gasteiger partial charge in [0.05, 0.1) is 0 Å². The molecule has 0 N–H and O–H groups in total. The lowest BCUT2D eigenvalue weighted by molar-refractivity contribution is 1.23. The highest BCUT2D eigenvalue weighted by atomic mass is 14.2. The van der Waals surface area contributed by atoms with Crippen LogP contribution in [0.15, 0.2) is 109 Å². The molecule has 0 radical (unpaired) electrons. The van der Waals surface area contributed by atoms with Crippen molar-refractivity contribution in [3.05, 3.63) is 120 Å². The lowest BCUT2D eigenvalue weighted by Gasteiger charge is -2.15. The SMILES string of the molecule is C=C(C1=CC=CC=C(C(=C)c2ccccc2)C1)c1ccccc1. The number of rotatable bonds is 4.